The van der Waals surface area contributed by atoms with Crippen LogP contribution in [0.1, 0.15) is 20.3 Å². The summed E-state index contributed by atoms with van der Waals surface area (Å²) < 4.78 is 0. The third-order valence-corrected chi connectivity index (χ3v) is 0.913. The van der Waals surface area contributed by atoms with Crippen LogP contribution in [0.4, 0.5) is 0 Å². The van der Waals surface area contributed by atoms with Gasteiger partial charge in [-0.1, -0.05) is 19.0 Å². The van der Waals surface area contributed by atoms with Crippen LogP contribution in [0, 0.1) is 5.92 Å². The highest BCUT2D eigenvalue weighted by Gasteiger charge is 2.00. The van der Waals surface area contributed by atoms with E-state index in [1.54, 1.807) is 0 Å². The maximum Gasteiger partial charge on any atom is 0.0838 e. The Labute approximate surface area is 54.7 Å². The van der Waals surface area contributed by atoms with Gasteiger partial charge in [-0.05, 0) is 17.9 Å². The molecule has 52 valence electrons. The van der Waals surface area contributed by atoms with Crippen LogP contribution in [0.5, 0.6) is 0 Å². The first-order chi connectivity index (χ1) is 4.16. The largest absolute Gasteiger partial charge is 0.323 e. The van der Waals surface area contributed by atoms with Crippen molar-refractivity contribution < 1.29 is 0 Å². The molecule has 0 radical (unpaired) electrons. The Bertz CT molecular complexity index is 114. The first-order valence-corrected chi connectivity index (χ1v) is 2.96. The molecule has 4 nitrogen and oxygen atoms in total. The highest BCUT2D eigenvalue weighted by atomic mass is 15.2. The second-order valence-electron chi connectivity index (χ2n) is 2.40. The Morgan fingerprint density at radius 3 is 2.56 bits per heavy atom. The fraction of sp³-hybridized carbons (Fsp3) is 1.00. The zero-order valence-electron chi connectivity index (χ0n) is 5.78. The second kappa shape index (κ2) is 4.18. The average molecular weight is 128 g/mol. The van der Waals surface area contributed by atoms with Gasteiger partial charge in [0.25, 0.3) is 0 Å². The highest BCUT2D eigenvalue weighted by Crippen LogP contribution is 2.02. The van der Waals surface area contributed by atoms with Crippen LogP contribution in [0.3, 0.4) is 0 Å². The van der Waals surface area contributed by atoms with Gasteiger partial charge in [0.15, 0.2) is 0 Å². The lowest BCUT2D eigenvalue weighted by Crippen LogP contribution is -2.18. The SMILES string of the molecule is CC(C)CC(N)N=[N+]=[N-]. The van der Waals surface area contributed by atoms with E-state index in [2.05, 4.69) is 10.0 Å². The van der Waals surface area contributed by atoms with Gasteiger partial charge >= 0.3 is 0 Å². The Hall–Kier alpha value is -0.730. The van der Waals surface area contributed by atoms with Gasteiger partial charge in [0.2, 0.25) is 0 Å². The van der Waals surface area contributed by atoms with Crippen LogP contribution >= 0.6 is 0 Å². The molecule has 0 rings (SSSR count). The van der Waals surface area contributed by atoms with E-state index in [9.17, 15) is 0 Å². The molecule has 0 heterocycles. The summed E-state index contributed by atoms with van der Waals surface area (Å²) in [4.78, 5) is 2.59. The molecule has 0 bridgehead atoms. The summed E-state index contributed by atoms with van der Waals surface area (Å²) >= 11 is 0. The first kappa shape index (κ1) is 8.27. The van der Waals surface area contributed by atoms with Crippen LogP contribution < -0.4 is 5.73 Å². The molecule has 0 aromatic carbocycles. The monoisotopic (exact) mass is 128 g/mol. The Morgan fingerprint density at radius 2 is 2.22 bits per heavy atom. The lowest BCUT2D eigenvalue weighted by molar-refractivity contribution is 0.505. The minimum Gasteiger partial charge on any atom is -0.323 e. The van der Waals surface area contributed by atoms with Crippen molar-refractivity contribution in [3.63, 3.8) is 0 Å². The average Bonchev–Trinajstić information content (AvgIpc) is 1.63. The van der Waals surface area contributed by atoms with Crippen molar-refractivity contribution in [2.45, 2.75) is 26.4 Å². The molecule has 0 aliphatic heterocycles. The van der Waals surface area contributed by atoms with E-state index >= 15 is 0 Å². The number of nitrogens with zero attached hydrogens (tertiary/aromatic N) is 3. The third kappa shape index (κ3) is 5.14. The normalized spacial score (nSPS) is 12.9. The lowest BCUT2D eigenvalue weighted by Gasteiger charge is -2.05. The zero-order valence-corrected chi connectivity index (χ0v) is 5.78. The second-order valence-corrected chi connectivity index (χ2v) is 2.40. The molecule has 4 heteroatoms. The van der Waals surface area contributed by atoms with Crippen LogP contribution in [0.25, 0.3) is 10.4 Å². The van der Waals surface area contributed by atoms with E-state index in [0.717, 1.165) is 6.42 Å². The Kier molecular flexibility index (Phi) is 3.84. The van der Waals surface area contributed by atoms with Crippen molar-refractivity contribution in [3.05, 3.63) is 10.4 Å². The number of nitrogens with two attached hydrogens (primary N) is 1. The van der Waals surface area contributed by atoms with Crippen molar-refractivity contribution in [1.29, 1.82) is 0 Å². The van der Waals surface area contributed by atoms with Gasteiger partial charge < -0.3 is 5.73 Å². The number of azide groups is 1. The number of hydrogen-bond donors (Lipinski definition) is 1. The molecule has 1 atom stereocenters. The fourth-order valence-corrected chi connectivity index (χ4v) is 0.596. The van der Waals surface area contributed by atoms with Crippen LogP contribution in [0.15, 0.2) is 5.11 Å². The smallest absolute Gasteiger partial charge is 0.0838 e. The summed E-state index contributed by atoms with van der Waals surface area (Å²) in [6.07, 6.45) is 0.402. The molecule has 0 aliphatic carbocycles. The van der Waals surface area contributed by atoms with Gasteiger partial charge in [-0.2, -0.15) is 0 Å². The topological polar surface area (TPSA) is 74.8 Å². The summed E-state index contributed by atoms with van der Waals surface area (Å²) in [7, 11) is 0. The molecular weight excluding hydrogens is 116 g/mol. The first-order valence-electron chi connectivity index (χ1n) is 2.96. The van der Waals surface area contributed by atoms with Gasteiger partial charge in [-0.25, -0.2) is 0 Å². The standard InChI is InChI=1S/C5H12N4/c1-4(2)3-5(6)8-9-7/h4-5H,3,6H2,1-2H3. The summed E-state index contributed by atoms with van der Waals surface area (Å²) in [6.45, 7) is 4.07. The van der Waals surface area contributed by atoms with E-state index in [1.807, 2.05) is 13.8 Å². The minimum absolute atomic E-state index is 0.352. The molecule has 0 aromatic rings. The molecule has 0 spiro atoms. The molecule has 2 N–H and O–H groups in total. The molecular formula is C5H12N4. The zero-order chi connectivity index (χ0) is 7.28. The predicted octanol–water partition coefficient (Wildman–Crippen LogP) is 1.63. The molecule has 0 amide bonds. The van der Waals surface area contributed by atoms with Gasteiger partial charge in [-0.15, -0.1) is 0 Å². The molecule has 0 aliphatic rings. The predicted molar refractivity (Wildman–Crippen MR) is 36.6 cm³/mol. The fourth-order valence-electron chi connectivity index (χ4n) is 0.596. The Morgan fingerprint density at radius 1 is 1.67 bits per heavy atom. The molecule has 1 unspecified atom stereocenters. The van der Waals surface area contributed by atoms with Gasteiger partial charge in [0, 0.05) is 4.91 Å². The van der Waals surface area contributed by atoms with Crippen molar-refractivity contribution in [2.75, 3.05) is 0 Å². The summed E-state index contributed by atoms with van der Waals surface area (Å²) in [5.74, 6) is 0.491. The molecule has 0 aromatic heterocycles. The van der Waals surface area contributed by atoms with Crippen molar-refractivity contribution in [1.82, 2.24) is 0 Å². The van der Waals surface area contributed by atoms with Gasteiger partial charge in [-0.3, -0.25) is 0 Å². The molecule has 0 saturated carbocycles. The molecule has 0 fully saturated rings. The van der Waals surface area contributed by atoms with E-state index in [1.165, 1.54) is 0 Å². The van der Waals surface area contributed by atoms with Crippen molar-refractivity contribution in [2.24, 2.45) is 16.8 Å². The summed E-state index contributed by atoms with van der Waals surface area (Å²) in [5, 5.41) is 3.32. The van der Waals surface area contributed by atoms with E-state index in [-0.39, 0.29) is 6.17 Å². The minimum atomic E-state index is -0.352. The number of hydrogen-bond acceptors (Lipinski definition) is 2. The maximum atomic E-state index is 7.93. The van der Waals surface area contributed by atoms with Crippen LogP contribution in [-0.2, 0) is 0 Å². The van der Waals surface area contributed by atoms with E-state index in [4.69, 9.17) is 11.3 Å². The van der Waals surface area contributed by atoms with Crippen LogP contribution in [-0.4, -0.2) is 6.17 Å². The summed E-state index contributed by atoms with van der Waals surface area (Å²) in [6, 6.07) is 0. The highest BCUT2D eigenvalue weighted by molar-refractivity contribution is 4.60. The Balaban J connectivity index is 3.49. The molecule has 0 saturated heterocycles. The van der Waals surface area contributed by atoms with Gasteiger partial charge in [0.1, 0.15) is 0 Å². The van der Waals surface area contributed by atoms with Crippen molar-refractivity contribution in [3.8, 4) is 0 Å². The summed E-state index contributed by atoms with van der Waals surface area (Å²) in [5.41, 5.74) is 13.3. The van der Waals surface area contributed by atoms with E-state index < -0.39 is 0 Å². The quantitative estimate of drug-likeness (QED) is 0.350. The van der Waals surface area contributed by atoms with E-state index in [0.29, 0.717) is 5.92 Å². The van der Waals surface area contributed by atoms with Crippen LogP contribution in [0.2, 0.25) is 0 Å². The third-order valence-electron chi connectivity index (χ3n) is 0.913. The molecule has 9 heavy (non-hydrogen) atoms. The lowest BCUT2D eigenvalue weighted by atomic mass is 10.1. The maximum absolute atomic E-state index is 7.93. The van der Waals surface area contributed by atoms with Crippen molar-refractivity contribution >= 4 is 0 Å². The van der Waals surface area contributed by atoms with Gasteiger partial charge in [0.05, 0.1) is 6.17 Å². The number of rotatable bonds is 3.